The molecule has 1 aliphatic heterocycles. The van der Waals surface area contributed by atoms with Crippen molar-refractivity contribution in [3.63, 3.8) is 0 Å². The number of hydrogen-bond acceptors (Lipinski definition) is 4. The Morgan fingerprint density at radius 2 is 1.81 bits per heavy atom. The van der Waals surface area contributed by atoms with Crippen LogP contribution in [0.5, 0.6) is 0 Å². The number of sulfonamides is 1. The maximum Gasteiger partial charge on any atom is 0.255 e. The number of ether oxygens (including phenoxy) is 1. The zero-order chi connectivity index (χ0) is 19.6. The molecule has 0 atom stereocenters. The summed E-state index contributed by atoms with van der Waals surface area (Å²) in [6.07, 6.45) is 0. The topological polar surface area (TPSA) is 75.7 Å². The van der Waals surface area contributed by atoms with Crippen molar-refractivity contribution in [1.82, 2.24) is 4.31 Å². The van der Waals surface area contributed by atoms with E-state index in [1.807, 2.05) is 26.0 Å². The first-order valence-corrected chi connectivity index (χ1v) is 9.99. The Kier molecular flexibility index (Phi) is 5.59. The molecule has 1 N–H and O–H groups in total. The second-order valence-electron chi connectivity index (χ2n) is 6.43. The molecule has 2 aromatic rings. The molecule has 0 unspecified atom stereocenters. The number of anilines is 1. The van der Waals surface area contributed by atoms with E-state index in [0.717, 1.165) is 23.3 Å². The standard InChI is InChI=1S/C19H21FN2O4S/c1-13-3-4-14(2)16(11-13)19(23)21-15-5-6-17(20)18(12-15)27(24,25)22-7-9-26-10-8-22/h3-6,11-12H,7-10H2,1-2H3,(H,21,23). The van der Waals surface area contributed by atoms with Gasteiger partial charge in [-0.2, -0.15) is 4.31 Å². The van der Waals surface area contributed by atoms with Crippen LogP contribution in [0.2, 0.25) is 0 Å². The van der Waals surface area contributed by atoms with Crippen LogP contribution in [0.4, 0.5) is 10.1 Å². The molecule has 27 heavy (non-hydrogen) atoms. The summed E-state index contributed by atoms with van der Waals surface area (Å²) < 4.78 is 46.0. The molecule has 0 bridgehead atoms. The van der Waals surface area contributed by atoms with Crippen molar-refractivity contribution in [2.24, 2.45) is 0 Å². The lowest BCUT2D eigenvalue weighted by Crippen LogP contribution is -2.40. The minimum absolute atomic E-state index is 0.168. The summed E-state index contributed by atoms with van der Waals surface area (Å²) in [6.45, 7) is 4.56. The quantitative estimate of drug-likeness (QED) is 0.868. The van der Waals surface area contributed by atoms with Crippen molar-refractivity contribution in [1.29, 1.82) is 0 Å². The summed E-state index contributed by atoms with van der Waals surface area (Å²) in [4.78, 5) is 12.1. The van der Waals surface area contributed by atoms with Gasteiger partial charge in [0.1, 0.15) is 10.7 Å². The molecule has 1 heterocycles. The van der Waals surface area contributed by atoms with Crippen LogP contribution in [0, 0.1) is 19.7 Å². The van der Waals surface area contributed by atoms with Crippen LogP contribution in [0.25, 0.3) is 0 Å². The highest BCUT2D eigenvalue weighted by atomic mass is 32.2. The highest BCUT2D eigenvalue weighted by Gasteiger charge is 2.29. The van der Waals surface area contributed by atoms with Crippen molar-refractivity contribution in [2.45, 2.75) is 18.7 Å². The lowest BCUT2D eigenvalue weighted by Gasteiger charge is -2.26. The molecule has 1 fully saturated rings. The molecule has 1 saturated heterocycles. The average Bonchev–Trinajstić information content (AvgIpc) is 2.65. The highest BCUT2D eigenvalue weighted by Crippen LogP contribution is 2.24. The van der Waals surface area contributed by atoms with E-state index in [1.54, 1.807) is 6.07 Å². The molecule has 0 aromatic heterocycles. The van der Waals surface area contributed by atoms with Gasteiger partial charge in [-0.25, -0.2) is 12.8 Å². The predicted molar refractivity (Wildman–Crippen MR) is 99.8 cm³/mol. The fourth-order valence-corrected chi connectivity index (χ4v) is 4.38. The SMILES string of the molecule is Cc1ccc(C)c(C(=O)Nc2ccc(F)c(S(=O)(=O)N3CCOCC3)c2)c1. The number of morpholine rings is 1. The third-order valence-electron chi connectivity index (χ3n) is 4.41. The number of amides is 1. The number of halogens is 1. The van der Waals surface area contributed by atoms with E-state index in [0.29, 0.717) is 5.56 Å². The minimum atomic E-state index is -4.00. The van der Waals surface area contributed by atoms with Gasteiger partial charge in [-0.15, -0.1) is 0 Å². The monoisotopic (exact) mass is 392 g/mol. The van der Waals surface area contributed by atoms with Gasteiger partial charge in [-0.1, -0.05) is 17.7 Å². The van der Waals surface area contributed by atoms with Gasteiger partial charge in [0.25, 0.3) is 5.91 Å². The number of nitrogens with one attached hydrogen (secondary N) is 1. The first-order valence-electron chi connectivity index (χ1n) is 8.55. The maximum atomic E-state index is 14.2. The Morgan fingerprint density at radius 1 is 1.11 bits per heavy atom. The van der Waals surface area contributed by atoms with Gasteiger partial charge >= 0.3 is 0 Å². The zero-order valence-electron chi connectivity index (χ0n) is 15.2. The summed E-state index contributed by atoms with van der Waals surface area (Å²) in [7, 11) is -4.00. The van der Waals surface area contributed by atoms with Gasteiger partial charge in [-0.3, -0.25) is 4.79 Å². The lowest BCUT2D eigenvalue weighted by atomic mass is 10.1. The average molecular weight is 392 g/mol. The molecule has 1 amide bonds. The number of carbonyl (C=O) groups excluding carboxylic acids is 1. The van der Waals surface area contributed by atoms with Gasteiger partial charge in [-0.05, 0) is 43.7 Å². The Morgan fingerprint density at radius 3 is 2.52 bits per heavy atom. The third kappa shape index (κ3) is 4.18. The van der Waals surface area contributed by atoms with Gasteiger partial charge in [0.15, 0.2) is 0 Å². The van der Waals surface area contributed by atoms with E-state index in [4.69, 9.17) is 4.74 Å². The van der Waals surface area contributed by atoms with Gasteiger partial charge in [0, 0.05) is 24.3 Å². The summed E-state index contributed by atoms with van der Waals surface area (Å²) in [6, 6.07) is 9.03. The maximum absolute atomic E-state index is 14.2. The molecule has 0 radical (unpaired) electrons. The van der Waals surface area contributed by atoms with Crippen LogP contribution in [0.1, 0.15) is 21.5 Å². The molecular weight excluding hydrogens is 371 g/mol. The van der Waals surface area contributed by atoms with Crippen molar-refractivity contribution >= 4 is 21.6 Å². The van der Waals surface area contributed by atoms with Crippen molar-refractivity contribution < 1.29 is 22.3 Å². The van der Waals surface area contributed by atoms with Crippen LogP contribution in [0.3, 0.4) is 0 Å². The lowest BCUT2D eigenvalue weighted by molar-refractivity contribution is 0.0729. The second kappa shape index (κ2) is 7.75. The molecule has 3 rings (SSSR count). The molecule has 144 valence electrons. The molecular formula is C19H21FN2O4S. The second-order valence-corrected chi connectivity index (χ2v) is 8.34. The Balaban J connectivity index is 1.89. The molecule has 0 saturated carbocycles. The van der Waals surface area contributed by atoms with E-state index in [2.05, 4.69) is 5.32 Å². The summed E-state index contributed by atoms with van der Waals surface area (Å²) in [5.74, 6) is -1.23. The largest absolute Gasteiger partial charge is 0.379 e. The van der Waals surface area contributed by atoms with E-state index in [1.165, 1.54) is 10.4 Å². The molecule has 2 aromatic carbocycles. The van der Waals surface area contributed by atoms with Crippen LogP contribution in [0.15, 0.2) is 41.3 Å². The highest BCUT2D eigenvalue weighted by molar-refractivity contribution is 7.89. The Bertz CT molecular complexity index is 970. The van der Waals surface area contributed by atoms with Crippen molar-refractivity contribution in [3.8, 4) is 0 Å². The summed E-state index contributed by atoms with van der Waals surface area (Å²) in [5, 5.41) is 2.66. The zero-order valence-corrected chi connectivity index (χ0v) is 16.0. The third-order valence-corrected chi connectivity index (χ3v) is 6.33. The summed E-state index contributed by atoms with van der Waals surface area (Å²) >= 11 is 0. The van der Waals surface area contributed by atoms with Crippen LogP contribution >= 0.6 is 0 Å². The molecule has 0 spiro atoms. The first kappa shape index (κ1) is 19.5. The van der Waals surface area contributed by atoms with Gasteiger partial charge in [0.05, 0.1) is 13.2 Å². The predicted octanol–water partition coefficient (Wildman–Crippen LogP) is 2.72. The molecule has 1 aliphatic rings. The number of rotatable bonds is 4. The normalized spacial score (nSPS) is 15.5. The fraction of sp³-hybridized carbons (Fsp3) is 0.316. The number of benzene rings is 2. The van der Waals surface area contributed by atoms with Crippen molar-refractivity contribution in [3.05, 3.63) is 58.9 Å². The number of nitrogens with zero attached hydrogens (tertiary/aromatic N) is 1. The van der Waals surface area contributed by atoms with Crippen LogP contribution < -0.4 is 5.32 Å². The fourth-order valence-electron chi connectivity index (χ4n) is 2.88. The van der Waals surface area contributed by atoms with E-state index in [-0.39, 0.29) is 37.9 Å². The van der Waals surface area contributed by atoms with E-state index in [9.17, 15) is 17.6 Å². The summed E-state index contributed by atoms with van der Waals surface area (Å²) in [5.41, 5.74) is 2.42. The van der Waals surface area contributed by atoms with Crippen LogP contribution in [-0.4, -0.2) is 44.9 Å². The smallest absolute Gasteiger partial charge is 0.255 e. The molecule has 0 aliphatic carbocycles. The first-order chi connectivity index (χ1) is 12.8. The van der Waals surface area contributed by atoms with Gasteiger partial charge < -0.3 is 10.1 Å². The van der Waals surface area contributed by atoms with E-state index < -0.39 is 20.7 Å². The van der Waals surface area contributed by atoms with Crippen molar-refractivity contribution in [2.75, 3.05) is 31.6 Å². The number of carbonyl (C=O) groups is 1. The number of aryl methyl sites for hydroxylation is 2. The van der Waals surface area contributed by atoms with Crippen LogP contribution in [-0.2, 0) is 14.8 Å². The molecule has 6 nitrogen and oxygen atoms in total. The minimum Gasteiger partial charge on any atom is -0.379 e. The van der Waals surface area contributed by atoms with E-state index >= 15 is 0 Å². The Labute approximate surface area is 158 Å². The Hall–Kier alpha value is -2.29. The van der Waals surface area contributed by atoms with Gasteiger partial charge in [0.2, 0.25) is 10.0 Å². The molecule has 8 heteroatoms. The number of hydrogen-bond donors (Lipinski definition) is 1.